The Labute approximate surface area is 163 Å². The van der Waals surface area contributed by atoms with Gasteiger partial charge in [0.1, 0.15) is 0 Å². The SMILES string of the molecule is CC(C)(C)n1c2cc(Br)ccc2c2c3c(oc21)C(=O)c1ccccc1C3=O. The fourth-order valence-corrected chi connectivity index (χ4v) is 4.36. The highest BCUT2D eigenvalue weighted by molar-refractivity contribution is 9.10. The summed E-state index contributed by atoms with van der Waals surface area (Å²) in [7, 11) is 0. The summed E-state index contributed by atoms with van der Waals surface area (Å²) in [6.07, 6.45) is 0. The van der Waals surface area contributed by atoms with Gasteiger partial charge < -0.3 is 8.98 Å². The molecule has 4 nitrogen and oxygen atoms in total. The van der Waals surface area contributed by atoms with Gasteiger partial charge in [-0.2, -0.15) is 0 Å². The lowest BCUT2D eigenvalue weighted by molar-refractivity contribution is 0.0961. The smallest absolute Gasteiger partial charge is 0.229 e. The number of carbonyl (C=O) groups is 2. The lowest BCUT2D eigenvalue weighted by Crippen LogP contribution is -2.21. The summed E-state index contributed by atoms with van der Waals surface area (Å²) >= 11 is 3.53. The molecule has 0 amide bonds. The zero-order chi connectivity index (χ0) is 19.1. The maximum Gasteiger partial charge on any atom is 0.229 e. The number of benzene rings is 2. The zero-order valence-corrected chi connectivity index (χ0v) is 16.7. The third kappa shape index (κ3) is 2.09. The lowest BCUT2D eigenvalue weighted by Gasteiger charge is -2.22. The van der Waals surface area contributed by atoms with E-state index in [2.05, 4.69) is 41.3 Å². The Kier molecular flexibility index (Phi) is 3.18. The molecule has 4 aromatic rings. The van der Waals surface area contributed by atoms with E-state index in [9.17, 15) is 9.59 Å². The Morgan fingerprint density at radius 3 is 2.30 bits per heavy atom. The zero-order valence-electron chi connectivity index (χ0n) is 15.1. The molecule has 27 heavy (non-hydrogen) atoms. The second-order valence-corrected chi connectivity index (χ2v) is 8.77. The molecule has 0 aliphatic heterocycles. The van der Waals surface area contributed by atoms with E-state index in [0.717, 1.165) is 20.8 Å². The van der Waals surface area contributed by atoms with Crippen LogP contribution in [-0.2, 0) is 5.54 Å². The van der Waals surface area contributed by atoms with E-state index in [0.29, 0.717) is 22.4 Å². The highest BCUT2D eigenvalue weighted by atomic mass is 79.9. The number of rotatable bonds is 0. The van der Waals surface area contributed by atoms with E-state index in [1.807, 2.05) is 18.2 Å². The van der Waals surface area contributed by atoms with E-state index < -0.39 is 0 Å². The Balaban J connectivity index is 1.98. The third-order valence-electron chi connectivity index (χ3n) is 5.08. The molecular formula is C22H16BrNO3. The van der Waals surface area contributed by atoms with Gasteiger partial charge in [-0.3, -0.25) is 9.59 Å². The molecule has 0 radical (unpaired) electrons. The number of aromatic nitrogens is 1. The van der Waals surface area contributed by atoms with E-state index in [1.165, 1.54) is 0 Å². The van der Waals surface area contributed by atoms with Gasteiger partial charge in [-0.05, 0) is 32.9 Å². The van der Waals surface area contributed by atoms with Gasteiger partial charge in [0.2, 0.25) is 11.5 Å². The summed E-state index contributed by atoms with van der Waals surface area (Å²) in [5.74, 6) is -0.247. The molecule has 5 heteroatoms. The molecule has 0 fully saturated rings. The summed E-state index contributed by atoms with van der Waals surface area (Å²) in [6.45, 7) is 6.23. The number of nitrogens with zero attached hydrogens (tertiary/aromatic N) is 1. The first-order valence-electron chi connectivity index (χ1n) is 8.74. The van der Waals surface area contributed by atoms with Crippen molar-refractivity contribution in [1.82, 2.24) is 4.57 Å². The number of furan rings is 1. The van der Waals surface area contributed by atoms with Crippen molar-refractivity contribution in [2.24, 2.45) is 0 Å². The fraction of sp³-hybridized carbons (Fsp3) is 0.182. The third-order valence-corrected chi connectivity index (χ3v) is 5.58. The van der Waals surface area contributed by atoms with Crippen LogP contribution in [0.5, 0.6) is 0 Å². The standard InChI is InChI=1S/C22H16BrNO3/c1-22(2,3)24-15-10-11(23)8-9-14(15)16-17-18(25)12-6-4-5-7-13(12)19(26)20(17)27-21(16)24/h4-10H,1-3H3. The quantitative estimate of drug-likeness (QED) is 0.323. The molecule has 1 aliphatic rings. The normalized spacial score (nSPS) is 14.1. The molecule has 0 unspecified atom stereocenters. The first kappa shape index (κ1) is 16.5. The van der Waals surface area contributed by atoms with E-state index in [1.54, 1.807) is 24.3 Å². The van der Waals surface area contributed by atoms with Crippen molar-refractivity contribution < 1.29 is 14.0 Å². The van der Waals surface area contributed by atoms with Crippen molar-refractivity contribution in [3.05, 3.63) is 69.4 Å². The van der Waals surface area contributed by atoms with Crippen LogP contribution in [0.15, 0.2) is 51.4 Å². The number of ketones is 2. The Morgan fingerprint density at radius 2 is 1.63 bits per heavy atom. The monoisotopic (exact) mass is 421 g/mol. The van der Waals surface area contributed by atoms with Crippen LogP contribution in [0.3, 0.4) is 0 Å². The highest BCUT2D eigenvalue weighted by Gasteiger charge is 2.38. The lowest BCUT2D eigenvalue weighted by atomic mass is 9.87. The summed E-state index contributed by atoms with van der Waals surface area (Å²) in [4.78, 5) is 26.3. The van der Waals surface area contributed by atoms with Gasteiger partial charge in [0.25, 0.3) is 0 Å². The average Bonchev–Trinajstić information content (AvgIpc) is 3.13. The number of hydrogen-bond donors (Lipinski definition) is 0. The number of fused-ring (bicyclic) bond motifs is 6. The van der Waals surface area contributed by atoms with E-state index >= 15 is 0 Å². The number of halogens is 1. The van der Waals surface area contributed by atoms with E-state index in [4.69, 9.17) is 4.42 Å². The fourth-order valence-electron chi connectivity index (χ4n) is 4.02. The minimum absolute atomic E-state index is 0.145. The number of carbonyl (C=O) groups excluding carboxylic acids is 2. The van der Waals surface area contributed by atoms with Gasteiger partial charge in [-0.1, -0.05) is 46.3 Å². The second kappa shape index (κ2) is 5.20. The Morgan fingerprint density at radius 1 is 0.963 bits per heavy atom. The van der Waals surface area contributed by atoms with E-state index in [-0.39, 0.29) is 22.9 Å². The summed E-state index contributed by atoms with van der Waals surface area (Å²) in [5.41, 5.74) is 2.46. The van der Waals surface area contributed by atoms with Crippen molar-refractivity contribution in [3.8, 4) is 0 Å². The highest BCUT2D eigenvalue weighted by Crippen LogP contribution is 2.43. The molecule has 0 spiro atoms. The molecule has 0 N–H and O–H groups in total. The molecule has 1 aliphatic carbocycles. The van der Waals surface area contributed by atoms with Crippen LogP contribution >= 0.6 is 15.9 Å². The van der Waals surface area contributed by atoms with Crippen molar-refractivity contribution in [2.75, 3.05) is 0 Å². The predicted molar refractivity (Wildman–Crippen MR) is 108 cm³/mol. The molecule has 0 atom stereocenters. The van der Waals surface area contributed by atoms with Crippen LogP contribution in [0.25, 0.3) is 22.0 Å². The first-order chi connectivity index (χ1) is 12.8. The molecule has 2 aromatic heterocycles. The van der Waals surface area contributed by atoms with Crippen LogP contribution in [0.1, 0.15) is 52.8 Å². The topological polar surface area (TPSA) is 52.2 Å². The van der Waals surface area contributed by atoms with Gasteiger partial charge in [0.15, 0.2) is 11.5 Å². The second-order valence-electron chi connectivity index (χ2n) is 7.86. The molecule has 5 rings (SSSR count). The van der Waals surface area contributed by atoms with Crippen LogP contribution < -0.4 is 0 Å². The molecule has 0 saturated carbocycles. The first-order valence-corrected chi connectivity index (χ1v) is 9.53. The van der Waals surface area contributed by atoms with Crippen molar-refractivity contribution in [2.45, 2.75) is 26.3 Å². The predicted octanol–water partition coefficient (Wildman–Crippen LogP) is 5.68. The van der Waals surface area contributed by atoms with Gasteiger partial charge in [0, 0.05) is 26.5 Å². The minimum atomic E-state index is -0.291. The van der Waals surface area contributed by atoms with Crippen LogP contribution in [0.4, 0.5) is 0 Å². The summed E-state index contributed by atoms with van der Waals surface area (Å²) in [6, 6.07) is 12.9. The van der Waals surface area contributed by atoms with Crippen molar-refractivity contribution in [3.63, 3.8) is 0 Å². The Bertz CT molecular complexity index is 1300. The largest absolute Gasteiger partial charge is 0.435 e. The van der Waals surface area contributed by atoms with Crippen LogP contribution in [0.2, 0.25) is 0 Å². The average molecular weight is 422 g/mol. The Hall–Kier alpha value is -2.66. The molecule has 0 saturated heterocycles. The maximum absolute atomic E-state index is 13.3. The molecular weight excluding hydrogens is 406 g/mol. The van der Waals surface area contributed by atoms with Crippen LogP contribution in [0, 0.1) is 0 Å². The summed E-state index contributed by atoms with van der Waals surface area (Å²) in [5, 5.41) is 1.63. The van der Waals surface area contributed by atoms with Crippen molar-refractivity contribution >= 4 is 49.5 Å². The van der Waals surface area contributed by atoms with Crippen molar-refractivity contribution in [1.29, 1.82) is 0 Å². The summed E-state index contributed by atoms with van der Waals surface area (Å²) < 4.78 is 9.10. The molecule has 134 valence electrons. The van der Waals surface area contributed by atoms with Gasteiger partial charge in [0.05, 0.1) is 16.5 Å². The minimum Gasteiger partial charge on any atom is -0.435 e. The molecule has 0 bridgehead atoms. The maximum atomic E-state index is 13.3. The molecule has 2 aromatic carbocycles. The number of hydrogen-bond acceptors (Lipinski definition) is 3. The van der Waals surface area contributed by atoms with Gasteiger partial charge in [-0.25, -0.2) is 0 Å². The molecule has 2 heterocycles. The van der Waals surface area contributed by atoms with Gasteiger partial charge >= 0.3 is 0 Å². The van der Waals surface area contributed by atoms with Gasteiger partial charge in [-0.15, -0.1) is 0 Å². The van der Waals surface area contributed by atoms with Crippen LogP contribution in [-0.4, -0.2) is 16.1 Å².